The summed E-state index contributed by atoms with van der Waals surface area (Å²) >= 11 is 0. The van der Waals surface area contributed by atoms with Gasteiger partial charge < -0.3 is 15.2 Å². The Kier molecular flexibility index (Phi) is 4.99. The van der Waals surface area contributed by atoms with Crippen LogP contribution in [-0.2, 0) is 9.53 Å². The van der Waals surface area contributed by atoms with Gasteiger partial charge in [0.1, 0.15) is 5.92 Å². The van der Waals surface area contributed by atoms with Gasteiger partial charge >= 0.3 is 18.2 Å². The van der Waals surface area contributed by atoms with Crippen molar-refractivity contribution < 1.29 is 32.6 Å². The van der Waals surface area contributed by atoms with Crippen molar-refractivity contribution in [3.05, 3.63) is 35.4 Å². The molecule has 0 radical (unpaired) electrons. The average Bonchev–Trinajstić information content (AvgIpc) is 2.52. The maximum Gasteiger partial charge on any atom is 0.437 e. The van der Waals surface area contributed by atoms with E-state index >= 15 is 0 Å². The number of rotatable bonds is 3. The summed E-state index contributed by atoms with van der Waals surface area (Å²) in [6.45, 7) is 3.06. The van der Waals surface area contributed by atoms with E-state index in [2.05, 4.69) is 5.32 Å². The fourth-order valence-corrected chi connectivity index (χ4v) is 2.86. The maximum absolute atomic E-state index is 13.7. The van der Waals surface area contributed by atoms with E-state index in [9.17, 15) is 27.9 Å². The zero-order valence-electron chi connectivity index (χ0n) is 13.9. The molecule has 25 heavy (non-hydrogen) atoms. The molecule has 2 rings (SSSR count). The predicted octanol–water partition coefficient (Wildman–Crippen LogP) is 2.12. The van der Waals surface area contributed by atoms with Crippen molar-refractivity contribution in [1.29, 1.82) is 0 Å². The van der Waals surface area contributed by atoms with Crippen LogP contribution in [0, 0.1) is 12.8 Å². The fourth-order valence-electron chi connectivity index (χ4n) is 2.86. The van der Waals surface area contributed by atoms with E-state index in [0.29, 0.717) is 0 Å². The van der Waals surface area contributed by atoms with E-state index in [1.54, 1.807) is 19.1 Å². The molecule has 6 nitrogen and oxygen atoms in total. The predicted molar refractivity (Wildman–Crippen MR) is 81.3 cm³/mol. The van der Waals surface area contributed by atoms with Crippen LogP contribution < -0.4 is 5.32 Å². The van der Waals surface area contributed by atoms with Crippen LogP contribution in [0.4, 0.5) is 18.0 Å². The molecule has 0 aliphatic carbocycles. The van der Waals surface area contributed by atoms with Gasteiger partial charge in [0.25, 0.3) is 5.72 Å². The van der Waals surface area contributed by atoms with Crippen LogP contribution >= 0.6 is 0 Å². The minimum absolute atomic E-state index is 0.0826. The van der Waals surface area contributed by atoms with Gasteiger partial charge in [-0.15, -0.1) is 0 Å². The Hall–Kier alpha value is -2.29. The summed E-state index contributed by atoms with van der Waals surface area (Å²) in [5, 5.41) is 12.8. The SMILES string of the molecule is CCOC(=O)[C@@H]1[C@@H](c2ccc(C)cc2)NC(=O)N(C)[C@@]1(O)C(F)(F)F. The Morgan fingerprint density at radius 3 is 2.40 bits per heavy atom. The second-order valence-corrected chi connectivity index (χ2v) is 5.85. The molecule has 0 aromatic heterocycles. The summed E-state index contributed by atoms with van der Waals surface area (Å²) < 4.78 is 45.8. The smallest absolute Gasteiger partial charge is 0.437 e. The zero-order valence-corrected chi connectivity index (χ0v) is 13.9. The number of hydrogen-bond donors (Lipinski definition) is 2. The fraction of sp³-hybridized carbons (Fsp3) is 0.500. The molecule has 2 N–H and O–H groups in total. The number of alkyl halides is 3. The lowest BCUT2D eigenvalue weighted by Gasteiger charge is -2.49. The Labute approximate surface area is 142 Å². The van der Waals surface area contributed by atoms with Crippen molar-refractivity contribution >= 4 is 12.0 Å². The monoisotopic (exact) mass is 360 g/mol. The first kappa shape index (κ1) is 19.0. The molecule has 1 heterocycles. The van der Waals surface area contributed by atoms with Crippen LogP contribution in [0.3, 0.4) is 0 Å². The maximum atomic E-state index is 13.7. The lowest BCUT2D eigenvalue weighted by molar-refractivity contribution is -0.328. The second-order valence-electron chi connectivity index (χ2n) is 5.85. The number of carbonyl (C=O) groups excluding carboxylic acids is 2. The third-order valence-electron chi connectivity index (χ3n) is 4.26. The number of urea groups is 1. The van der Waals surface area contributed by atoms with Gasteiger partial charge in [-0.25, -0.2) is 4.79 Å². The van der Waals surface area contributed by atoms with Crippen molar-refractivity contribution in [2.75, 3.05) is 13.7 Å². The molecule has 0 unspecified atom stereocenters. The van der Waals surface area contributed by atoms with Crippen LogP contribution in [0.1, 0.15) is 24.1 Å². The number of halogens is 3. The highest BCUT2D eigenvalue weighted by Gasteiger charge is 2.69. The number of esters is 1. The number of aryl methyl sites for hydroxylation is 1. The van der Waals surface area contributed by atoms with Gasteiger partial charge in [0, 0.05) is 7.05 Å². The van der Waals surface area contributed by atoms with Crippen molar-refractivity contribution in [3.63, 3.8) is 0 Å². The van der Waals surface area contributed by atoms with Gasteiger partial charge in [-0.1, -0.05) is 29.8 Å². The van der Waals surface area contributed by atoms with Crippen molar-refractivity contribution in [3.8, 4) is 0 Å². The molecule has 1 aliphatic heterocycles. The van der Waals surface area contributed by atoms with E-state index in [1.165, 1.54) is 19.1 Å². The van der Waals surface area contributed by atoms with Crippen LogP contribution in [0.5, 0.6) is 0 Å². The zero-order chi connectivity index (χ0) is 19.0. The van der Waals surface area contributed by atoms with E-state index in [0.717, 1.165) is 12.6 Å². The quantitative estimate of drug-likeness (QED) is 0.810. The summed E-state index contributed by atoms with van der Waals surface area (Å²) in [6, 6.07) is 3.72. The molecule has 3 atom stereocenters. The standard InChI is InChI=1S/C16H19F3N2O4/c1-4-25-13(22)11-12(10-7-5-9(2)6-8-10)20-14(23)21(3)15(11,24)16(17,18)19/h5-8,11-12,24H,4H2,1-3H3,(H,20,23)/t11-,12+,15-/m0/s1. The van der Waals surface area contributed by atoms with Crippen molar-refractivity contribution in [1.82, 2.24) is 10.2 Å². The summed E-state index contributed by atoms with van der Waals surface area (Å²) in [4.78, 5) is 24.4. The van der Waals surface area contributed by atoms with Crippen LogP contribution in [0.2, 0.25) is 0 Å². The third kappa shape index (κ3) is 3.15. The van der Waals surface area contributed by atoms with Gasteiger partial charge in [-0.3, -0.25) is 9.69 Å². The lowest BCUT2D eigenvalue weighted by Crippen LogP contribution is -2.73. The topological polar surface area (TPSA) is 78.9 Å². The first-order valence-corrected chi connectivity index (χ1v) is 7.60. The minimum atomic E-state index is -5.26. The number of aliphatic hydroxyl groups is 1. The summed E-state index contributed by atoms with van der Waals surface area (Å²) in [6.07, 6.45) is -5.26. The average molecular weight is 360 g/mol. The van der Waals surface area contributed by atoms with Gasteiger partial charge in [0.05, 0.1) is 12.6 Å². The molecule has 9 heteroatoms. The van der Waals surface area contributed by atoms with E-state index in [-0.39, 0.29) is 17.1 Å². The van der Waals surface area contributed by atoms with Crippen molar-refractivity contribution in [2.24, 2.45) is 5.92 Å². The molecule has 1 aromatic rings. The summed E-state index contributed by atoms with van der Waals surface area (Å²) in [5.74, 6) is -3.34. The molecule has 0 saturated carbocycles. The molecule has 1 aliphatic rings. The number of nitrogens with one attached hydrogen (secondary N) is 1. The largest absolute Gasteiger partial charge is 0.466 e. The Bertz CT molecular complexity index is 662. The molecular formula is C16H19F3N2O4. The van der Waals surface area contributed by atoms with Crippen LogP contribution in [0.25, 0.3) is 0 Å². The van der Waals surface area contributed by atoms with Crippen LogP contribution in [0.15, 0.2) is 24.3 Å². The first-order valence-electron chi connectivity index (χ1n) is 7.60. The van der Waals surface area contributed by atoms with Crippen molar-refractivity contribution in [2.45, 2.75) is 31.8 Å². The Morgan fingerprint density at radius 1 is 1.36 bits per heavy atom. The Balaban J connectivity index is 2.62. The summed E-state index contributed by atoms with van der Waals surface area (Å²) in [7, 11) is 0.778. The normalized spacial score (nSPS) is 27.0. The second kappa shape index (κ2) is 6.55. The number of amides is 2. The highest BCUT2D eigenvalue weighted by Crippen LogP contribution is 2.46. The molecule has 138 valence electrons. The summed E-state index contributed by atoms with van der Waals surface area (Å²) in [5.41, 5.74) is -2.59. The van der Waals surface area contributed by atoms with E-state index in [1.807, 2.05) is 0 Å². The van der Waals surface area contributed by atoms with Gasteiger partial charge in [0.2, 0.25) is 0 Å². The van der Waals surface area contributed by atoms with Gasteiger partial charge in [0.15, 0.2) is 0 Å². The molecule has 2 amide bonds. The van der Waals surface area contributed by atoms with Gasteiger partial charge in [-0.2, -0.15) is 13.2 Å². The minimum Gasteiger partial charge on any atom is -0.466 e. The molecule has 0 spiro atoms. The molecule has 1 saturated heterocycles. The van der Waals surface area contributed by atoms with Gasteiger partial charge in [-0.05, 0) is 19.4 Å². The highest BCUT2D eigenvalue weighted by molar-refractivity contribution is 5.83. The number of ether oxygens (including phenoxy) is 1. The van der Waals surface area contributed by atoms with Crippen LogP contribution in [-0.4, -0.2) is 47.6 Å². The Morgan fingerprint density at radius 2 is 1.92 bits per heavy atom. The number of hydrogen-bond acceptors (Lipinski definition) is 4. The highest BCUT2D eigenvalue weighted by atomic mass is 19.4. The first-order chi connectivity index (χ1) is 11.5. The number of nitrogens with zero attached hydrogens (tertiary/aromatic N) is 1. The van der Waals surface area contributed by atoms with E-state index < -0.39 is 35.9 Å². The third-order valence-corrected chi connectivity index (χ3v) is 4.26. The molecule has 0 bridgehead atoms. The van der Waals surface area contributed by atoms with E-state index in [4.69, 9.17) is 4.74 Å². The number of benzene rings is 1. The molecule has 1 fully saturated rings. The number of carbonyl (C=O) groups is 2. The lowest BCUT2D eigenvalue weighted by atomic mass is 9.81. The molecule has 1 aromatic carbocycles. The molecular weight excluding hydrogens is 341 g/mol.